The molecule has 3 N–H and O–H groups in total. The average molecular weight is 482 g/mol. The first-order valence-electron chi connectivity index (χ1n) is 8.86. The zero-order valence-corrected chi connectivity index (χ0v) is 19.9. The van der Waals surface area contributed by atoms with Gasteiger partial charge in [-0.15, -0.1) is 24.2 Å². The van der Waals surface area contributed by atoms with Crippen molar-refractivity contribution >= 4 is 45.8 Å². The van der Waals surface area contributed by atoms with Crippen LogP contribution in [-0.4, -0.2) is 9.97 Å². The van der Waals surface area contributed by atoms with Crippen LogP contribution in [0.25, 0.3) is 21.8 Å². The second kappa shape index (κ2) is 12.7. The minimum absolute atomic E-state index is 0. The number of nitrogens with zero attached hydrogens (tertiary/aromatic N) is 2. The first kappa shape index (κ1) is 28.1. The van der Waals surface area contributed by atoms with Crippen LogP contribution in [-0.2, 0) is 17.1 Å². The number of rotatable bonds is 2. The van der Waals surface area contributed by atoms with Crippen LogP contribution < -0.4 is 6.15 Å². The van der Waals surface area contributed by atoms with Gasteiger partial charge in [0.2, 0.25) is 0 Å². The van der Waals surface area contributed by atoms with E-state index in [1.807, 2.05) is 30.3 Å². The van der Waals surface area contributed by atoms with Crippen LogP contribution in [0.4, 0.5) is 0 Å². The predicted molar refractivity (Wildman–Crippen MR) is 126 cm³/mol. The van der Waals surface area contributed by atoms with Gasteiger partial charge in [-0.1, -0.05) is 44.5 Å². The largest absolute Gasteiger partial charge is 2.00 e. The average Bonchev–Trinajstić information content (AvgIpc) is 2.68. The maximum Gasteiger partial charge on any atom is 2.00 e. The predicted octanol–water partition coefficient (Wildman–Crippen LogP) is 7.27. The van der Waals surface area contributed by atoms with Crippen molar-refractivity contribution in [1.82, 2.24) is 16.1 Å². The molecular weight excluding hydrogens is 457 g/mol. The van der Waals surface area contributed by atoms with E-state index in [4.69, 9.17) is 11.6 Å². The minimum atomic E-state index is 0. The summed E-state index contributed by atoms with van der Waals surface area (Å²) < 4.78 is 0. The summed E-state index contributed by atoms with van der Waals surface area (Å²) in [6.45, 7) is 10.0. The SMILES string of the molecule is C=[C-]c1ccc2ccc3ccc(Cl)nc3c2n1.Cc1[c-]c(C(C)C)ccc1.Cl.N.[Fe+2]. The Morgan fingerprint density at radius 2 is 1.50 bits per heavy atom. The molecule has 4 rings (SSSR count). The molecule has 0 atom stereocenters. The Hall–Kier alpha value is -1.94. The van der Waals surface area contributed by atoms with Crippen LogP contribution in [0.3, 0.4) is 0 Å². The summed E-state index contributed by atoms with van der Waals surface area (Å²) in [5.41, 5.74) is 4.89. The van der Waals surface area contributed by atoms with E-state index in [0.717, 1.165) is 21.8 Å². The monoisotopic (exact) mass is 481 g/mol. The summed E-state index contributed by atoms with van der Waals surface area (Å²) in [6.07, 6.45) is 2.78. The van der Waals surface area contributed by atoms with Crippen molar-refractivity contribution in [3.8, 4) is 0 Å². The zero-order valence-electron chi connectivity index (χ0n) is 17.2. The van der Waals surface area contributed by atoms with Crippen LogP contribution in [0.5, 0.6) is 0 Å². The van der Waals surface area contributed by atoms with Gasteiger partial charge in [0.1, 0.15) is 5.15 Å². The molecule has 0 amide bonds. The molecular formula is C24H25Cl2FeN3. The van der Waals surface area contributed by atoms with E-state index in [-0.39, 0.29) is 35.6 Å². The topological polar surface area (TPSA) is 60.8 Å². The third-order valence-corrected chi connectivity index (χ3v) is 4.46. The summed E-state index contributed by atoms with van der Waals surface area (Å²) >= 11 is 5.93. The van der Waals surface area contributed by atoms with Crippen molar-refractivity contribution in [2.45, 2.75) is 26.7 Å². The fourth-order valence-corrected chi connectivity index (χ4v) is 2.93. The molecule has 4 aromatic rings. The molecule has 0 unspecified atom stereocenters. The molecule has 2 heterocycles. The molecule has 158 valence electrons. The second-order valence-electron chi connectivity index (χ2n) is 6.66. The van der Waals surface area contributed by atoms with Crippen molar-refractivity contribution in [3.63, 3.8) is 0 Å². The van der Waals surface area contributed by atoms with E-state index in [9.17, 15) is 0 Å². The van der Waals surface area contributed by atoms with Crippen LogP contribution >= 0.6 is 24.0 Å². The Labute approximate surface area is 200 Å². The summed E-state index contributed by atoms with van der Waals surface area (Å²) in [5, 5.41) is 2.53. The summed E-state index contributed by atoms with van der Waals surface area (Å²) in [6, 6.07) is 21.2. The van der Waals surface area contributed by atoms with Crippen LogP contribution in [0.2, 0.25) is 5.15 Å². The summed E-state index contributed by atoms with van der Waals surface area (Å²) in [5.74, 6) is 0.597. The molecule has 6 heteroatoms. The van der Waals surface area contributed by atoms with Gasteiger partial charge in [0.25, 0.3) is 0 Å². The third-order valence-electron chi connectivity index (χ3n) is 4.25. The van der Waals surface area contributed by atoms with Crippen molar-refractivity contribution in [2.75, 3.05) is 0 Å². The fraction of sp³-hybridized carbons (Fsp3) is 0.167. The molecule has 0 radical (unpaired) electrons. The molecule has 30 heavy (non-hydrogen) atoms. The molecule has 0 bridgehead atoms. The molecule has 0 aliphatic heterocycles. The fourth-order valence-electron chi connectivity index (χ4n) is 2.79. The Morgan fingerprint density at radius 1 is 0.933 bits per heavy atom. The quantitative estimate of drug-likeness (QED) is 0.141. The Morgan fingerprint density at radius 3 is 2.03 bits per heavy atom. The number of aryl methyl sites for hydroxylation is 1. The van der Waals surface area contributed by atoms with Gasteiger partial charge in [-0.3, -0.25) is 4.98 Å². The number of benzene rings is 2. The summed E-state index contributed by atoms with van der Waals surface area (Å²) in [7, 11) is 0. The third kappa shape index (κ3) is 6.80. The van der Waals surface area contributed by atoms with E-state index in [1.165, 1.54) is 11.1 Å². The summed E-state index contributed by atoms with van der Waals surface area (Å²) in [4.78, 5) is 8.80. The van der Waals surface area contributed by atoms with E-state index in [1.54, 1.807) is 6.07 Å². The number of fused-ring (bicyclic) bond motifs is 3. The van der Waals surface area contributed by atoms with Gasteiger partial charge >= 0.3 is 17.1 Å². The maximum absolute atomic E-state index is 5.93. The van der Waals surface area contributed by atoms with Crippen LogP contribution in [0.1, 0.15) is 36.6 Å². The first-order chi connectivity index (χ1) is 13.0. The molecule has 0 aliphatic rings. The number of hydrogen-bond donors (Lipinski definition) is 1. The molecule has 2 aromatic heterocycles. The van der Waals surface area contributed by atoms with Gasteiger partial charge in [0, 0.05) is 5.39 Å². The second-order valence-corrected chi connectivity index (χ2v) is 7.05. The molecule has 0 fully saturated rings. The molecule has 0 aliphatic carbocycles. The molecule has 0 spiro atoms. The molecule has 0 saturated heterocycles. The number of halogens is 2. The molecule has 3 nitrogen and oxygen atoms in total. The van der Waals surface area contributed by atoms with Gasteiger partial charge in [-0.2, -0.15) is 48.0 Å². The standard InChI is InChI=1S/C14H8ClN2.C10H13.ClH.Fe.H3N/c1-2-11-7-5-9-3-4-10-6-8-12(15)17-14(10)13(9)16-11;1-8(2)10-6-4-5-9(3)7-10;;;/h3-8H,1H2;4-6,8H,1-3H3;1H;;1H3/q2*-1;;+2;. The normalized spacial score (nSPS) is 9.63. The van der Waals surface area contributed by atoms with Gasteiger partial charge < -0.3 is 6.15 Å². The van der Waals surface area contributed by atoms with Gasteiger partial charge in [0.05, 0.1) is 11.0 Å². The van der Waals surface area contributed by atoms with Crippen molar-refractivity contribution in [2.24, 2.45) is 0 Å². The number of aromatic nitrogens is 2. The van der Waals surface area contributed by atoms with E-state index in [2.05, 4.69) is 67.7 Å². The maximum atomic E-state index is 5.93. The number of hydrogen-bond acceptors (Lipinski definition) is 3. The Bertz CT molecular complexity index is 1110. The molecule has 0 saturated carbocycles. The van der Waals surface area contributed by atoms with Gasteiger partial charge in [-0.05, 0) is 23.4 Å². The van der Waals surface area contributed by atoms with Crippen molar-refractivity contribution < 1.29 is 17.1 Å². The van der Waals surface area contributed by atoms with Crippen molar-refractivity contribution in [1.29, 1.82) is 0 Å². The smallest absolute Gasteiger partial charge is 0.344 e. The van der Waals surface area contributed by atoms with E-state index in [0.29, 0.717) is 16.8 Å². The van der Waals surface area contributed by atoms with Crippen LogP contribution in [0.15, 0.2) is 61.2 Å². The first-order valence-corrected chi connectivity index (χ1v) is 9.23. The Kier molecular flexibility index (Phi) is 11.9. The van der Waals surface area contributed by atoms with Gasteiger partial charge in [0.15, 0.2) is 0 Å². The molecule has 2 aromatic carbocycles. The minimum Gasteiger partial charge on any atom is -0.344 e. The van der Waals surface area contributed by atoms with Crippen LogP contribution in [0, 0.1) is 19.1 Å². The van der Waals surface area contributed by atoms with E-state index < -0.39 is 0 Å². The zero-order chi connectivity index (χ0) is 19.4. The Balaban J connectivity index is 0.000000569. The van der Waals surface area contributed by atoms with Gasteiger partial charge in [-0.25, -0.2) is 11.1 Å². The van der Waals surface area contributed by atoms with Crippen molar-refractivity contribution in [3.05, 3.63) is 95.3 Å². The van der Waals surface area contributed by atoms with E-state index >= 15 is 0 Å². The number of pyridine rings is 2.